The Kier molecular flexibility index (Phi) is 6.56. The van der Waals surface area contributed by atoms with Crippen LogP contribution in [0.4, 0.5) is 0 Å². The molecule has 7 heteroatoms. The summed E-state index contributed by atoms with van der Waals surface area (Å²) in [5, 5.41) is 9.64. The van der Waals surface area contributed by atoms with E-state index in [1.807, 2.05) is 35.9 Å². The third kappa shape index (κ3) is 4.78. The van der Waals surface area contributed by atoms with Crippen molar-refractivity contribution in [2.24, 2.45) is 13.0 Å². The van der Waals surface area contributed by atoms with Crippen LogP contribution in [-0.4, -0.2) is 64.9 Å². The lowest BCUT2D eigenvalue weighted by Crippen LogP contribution is -2.44. The first-order chi connectivity index (χ1) is 12.6. The van der Waals surface area contributed by atoms with Crippen molar-refractivity contribution in [2.45, 2.75) is 25.1 Å². The van der Waals surface area contributed by atoms with E-state index in [1.54, 1.807) is 18.9 Å². The van der Waals surface area contributed by atoms with Gasteiger partial charge in [-0.05, 0) is 30.2 Å². The van der Waals surface area contributed by atoms with Gasteiger partial charge in [0.15, 0.2) is 11.0 Å². The lowest BCUT2D eigenvalue weighted by Gasteiger charge is -2.33. The summed E-state index contributed by atoms with van der Waals surface area (Å²) in [5.74, 6) is 3.28. The number of rotatable bonds is 7. The first-order valence-corrected chi connectivity index (χ1v) is 10.1. The predicted octanol–water partition coefficient (Wildman–Crippen LogP) is 2.94. The van der Waals surface area contributed by atoms with E-state index in [-0.39, 0.29) is 6.10 Å². The summed E-state index contributed by atoms with van der Waals surface area (Å²) >= 11 is 1.71. The SMILES string of the molecule is COc1ccc(-c2nnc(SC[C@@H]3CN(CC(C)C)CCO3)n2C)cc1. The molecule has 1 atom stereocenters. The molecule has 0 radical (unpaired) electrons. The molecule has 1 fully saturated rings. The smallest absolute Gasteiger partial charge is 0.191 e. The van der Waals surface area contributed by atoms with E-state index in [4.69, 9.17) is 9.47 Å². The van der Waals surface area contributed by atoms with Crippen LogP contribution in [0.5, 0.6) is 5.75 Å². The zero-order chi connectivity index (χ0) is 18.5. The summed E-state index contributed by atoms with van der Waals surface area (Å²) in [7, 11) is 3.68. The molecule has 26 heavy (non-hydrogen) atoms. The van der Waals surface area contributed by atoms with Crippen LogP contribution < -0.4 is 4.74 Å². The van der Waals surface area contributed by atoms with E-state index in [0.29, 0.717) is 5.92 Å². The van der Waals surface area contributed by atoms with Gasteiger partial charge < -0.3 is 14.0 Å². The van der Waals surface area contributed by atoms with E-state index in [2.05, 4.69) is 28.9 Å². The van der Waals surface area contributed by atoms with Crippen molar-refractivity contribution in [2.75, 3.05) is 39.1 Å². The highest BCUT2D eigenvalue weighted by atomic mass is 32.2. The Morgan fingerprint density at radius 1 is 1.27 bits per heavy atom. The molecule has 0 aliphatic carbocycles. The Morgan fingerprint density at radius 3 is 2.73 bits per heavy atom. The number of ether oxygens (including phenoxy) is 2. The zero-order valence-corrected chi connectivity index (χ0v) is 16.8. The minimum Gasteiger partial charge on any atom is -0.497 e. The highest BCUT2D eigenvalue weighted by molar-refractivity contribution is 7.99. The number of aromatic nitrogens is 3. The van der Waals surface area contributed by atoms with Crippen molar-refractivity contribution in [3.8, 4) is 17.1 Å². The van der Waals surface area contributed by atoms with E-state index in [0.717, 1.165) is 54.3 Å². The van der Waals surface area contributed by atoms with Gasteiger partial charge >= 0.3 is 0 Å². The molecular weight excluding hydrogens is 348 g/mol. The lowest BCUT2D eigenvalue weighted by molar-refractivity contribution is -0.0191. The third-order valence-corrected chi connectivity index (χ3v) is 5.58. The molecule has 1 aromatic heterocycles. The van der Waals surface area contributed by atoms with Gasteiger partial charge in [0.1, 0.15) is 5.75 Å². The summed E-state index contributed by atoms with van der Waals surface area (Å²) in [6.07, 6.45) is 0.244. The van der Waals surface area contributed by atoms with Crippen LogP contribution in [0, 0.1) is 5.92 Å². The number of benzene rings is 1. The molecule has 2 heterocycles. The van der Waals surface area contributed by atoms with E-state index < -0.39 is 0 Å². The quantitative estimate of drug-likeness (QED) is 0.693. The lowest BCUT2D eigenvalue weighted by atomic mass is 10.2. The molecule has 1 aliphatic rings. The average Bonchev–Trinajstić information content (AvgIpc) is 3.00. The molecule has 0 N–H and O–H groups in total. The molecule has 3 rings (SSSR count). The van der Waals surface area contributed by atoms with Gasteiger partial charge in [0.05, 0.1) is 19.8 Å². The molecule has 142 valence electrons. The fraction of sp³-hybridized carbons (Fsp3) is 0.579. The number of thioether (sulfide) groups is 1. The Balaban J connectivity index is 1.59. The maximum Gasteiger partial charge on any atom is 0.191 e. The number of methoxy groups -OCH3 is 1. The first-order valence-electron chi connectivity index (χ1n) is 9.07. The molecule has 1 aliphatic heterocycles. The van der Waals surface area contributed by atoms with Gasteiger partial charge in [0.25, 0.3) is 0 Å². The van der Waals surface area contributed by atoms with E-state index in [1.165, 1.54) is 0 Å². The number of hydrogen-bond donors (Lipinski definition) is 0. The van der Waals surface area contributed by atoms with Crippen LogP contribution in [0.1, 0.15) is 13.8 Å². The average molecular weight is 377 g/mol. The second-order valence-electron chi connectivity index (χ2n) is 7.05. The van der Waals surface area contributed by atoms with Crippen LogP contribution in [0.2, 0.25) is 0 Å². The highest BCUT2D eigenvalue weighted by Crippen LogP contribution is 2.25. The van der Waals surface area contributed by atoms with Gasteiger partial charge in [-0.1, -0.05) is 25.6 Å². The zero-order valence-electron chi connectivity index (χ0n) is 16.0. The maximum absolute atomic E-state index is 5.93. The summed E-state index contributed by atoms with van der Waals surface area (Å²) in [6, 6.07) is 7.89. The molecule has 0 unspecified atom stereocenters. The summed E-state index contributed by atoms with van der Waals surface area (Å²) in [4.78, 5) is 2.50. The van der Waals surface area contributed by atoms with Gasteiger partial charge in [-0.25, -0.2) is 0 Å². The van der Waals surface area contributed by atoms with Crippen molar-refractivity contribution in [3.05, 3.63) is 24.3 Å². The van der Waals surface area contributed by atoms with Crippen molar-refractivity contribution < 1.29 is 9.47 Å². The van der Waals surface area contributed by atoms with Gasteiger partial charge in [0.2, 0.25) is 0 Å². The van der Waals surface area contributed by atoms with Gasteiger partial charge in [-0.3, -0.25) is 4.90 Å². The van der Waals surface area contributed by atoms with Crippen LogP contribution in [0.15, 0.2) is 29.4 Å². The van der Waals surface area contributed by atoms with Crippen LogP contribution in [-0.2, 0) is 11.8 Å². The Labute approximate surface area is 159 Å². The van der Waals surface area contributed by atoms with Crippen molar-refractivity contribution in [1.29, 1.82) is 0 Å². The fourth-order valence-corrected chi connectivity index (χ4v) is 4.08. The van der Waals surface area contributed by atoms with E-state index >= 15 is 0 Å². The summed E-state index contributed by atoms with van der Waals surface area (Å²) < 4.78 is 13.2. The molecule has 0 spiro atoms. The second-order valence-corrected chi connectivity index (χ2v) is 8.04. The Hall–Kier alpha value is -1.57. The van der Waals surface area contributed by atoms with Crippen molar-refractivity contribution in [1.82, 2.24) is 19.7 Å². The predicted molar refractivity (Wildman–Crippen MR) is 105 cm³/mol. The minimum atomic E-state index is 0.244. The van der Waals surface area contributed by atoms with Gasteiger partial charge in [0, 0.05) is 38.0 Å². The highest BCUT2D eigenvalue weighted by Gasteiger charge is 2.22. The molecule has 0 amide bonds. The van der Waals surface area contributed by atoms with Crippen LogP contribution >= 0.6 is 11.8 Å². The topological polar surface area (TPSA) is 52.4 Å². The number of nitrogens with zero attached hydrogens (tertiary/aromatic N) is 4. The molecule has 0 saturated carbocycles. The maximum atomic E-state index is 5.93. The van der Waals surface area contributed by atoms with Crippen LogP contribution in [0.3, 0.4) is 0 Å². The Morgan fingerprint density at radius 2 is 2.04 bits per heavy atom. The second kappa shape index (κ2) is 8.88. The monoisotopic (exact) mass is 376 g/mol. The number of hydrogen-bond acceptors (Lipinski definition) is 6. The molecule has 2 aromatic rings. The largest absolute Gasteiger partial charge is 0.497 e. The van der Waals surface area contributed by atoms with Gasteiger partial charge in [-0.2, -0.15) is 0 Å². The van der Waals surface area contributed by atoms with Gasteiger partial charge in [-0.15, -0.1) is 10.2 Å². The standard InChI is InChI=1S/C19H28N4O2S/c1-14(2)11-23-9-10-25-17(12-23)13-26-19-21-20-18(22(19)3)15-5-7-16(24-4)8-6-15/h5-8,14,17H,9-13H2,1-4H3/t17-/m0/s1. The molecular formula is C19H28N4O2S. The molecule has 1 aromatic carbocycles. The van der Waals surface area contributed by atoms with Crippen molar-refractivity contribution in [3.63, 3.8) is 0 Å². The molecule has 6 nitrogen and oxygen atoms in total. The summed E-state index contributed by atoms with van der Waals surface area (Å²) in [6.45, 7) is 8.50. The number of morpholine rings is 1. The minimum absolute atomic E-state index is 0.244. The summed E-state index contributed by atoms with van der Waals surface area (Å²) in [5.41, 5.74) is 1.03. The molecule has 0 bridgehead atoms. The van der Waals surface area contributed by atoms with E-state index in [9.17, 15) is 0 Å². The first kappa shape index (κ1) is 19.2. The van der Waals surface area contributed by atoms with Crippen molar-refractivity contribution >= 4 is 11.8 Å². The normalized spacial score (nSPS) is 18.4. The fourth-order valence-electron chi connectivity index (χ4n) is 3.16. The third-order valence-electron chi connectivity index (χ3n) is 4.43. The molecule has 1 saturated heterocycles. The Bertz CT molecular complexity index is 702. The van der Waals surface area contributed by atoms with Crippen LogP contribution in [0.25, 0.3) is 11.4 Å².